The fourth-order valence-corrected chi connectivity index (χ4v) is 3.37. The molecule has 2 N–H and O–H groups in total. The molecule has 1 aromatic carbocycles. The molecule has 1 fully saturated rings. The number of aliphatic carboxylic acids is 1. The monoisotopic (exact) mass is 355 g/mol. The van der Waals surface area contributed by atoms with Crippen LogP contribution in [0.15, 0.2) is 22.7 Å². The van der Waals surface area contributed by atoms with Crippen LogP contribution in [0, 0.1) is 11.8 Å². The topological polar surface area (TPSA) is 58.6 Å². The molecule has 1 aliphatic carbocycles. The number of nitrogens with one attached hydrogen (secondary N) is 1. The van der Waals surface area contributed by atoms with E-state index in [9.17, 15) is 9.90 Å². The number of rotatable bonds is 6. The normalized spacial score (nSPS) is 22.0. The first-order chi connectivity index (χ1) is 10.1. The Kier molecular flexibility index (Phi) is 6.06. The second-order valence-electron chi connectivity index (χ2n) is 5.58. The summed E-state index contributed by atoms with van der Waals surface area (Å²) in [5.41, 5.74) is 1.12. The highest BCUT2D eigenvalue weighted by Crippen LogP contribution is 2.30. The largest absolute Gasteiger partial charge is 0.497 e. The van der Waals surface area contributed by atoms with Gasteiger partial charge in [0.05, 0.1) is 13.0 Å². The summed E-state index contributed by atoms with van der Waals surface area (Å²) in [6, 6.07) is 5.87. The molecule has 2 unspecified atom stereocenters. The molecule has 5 heteroatoms. The first kappa shape index (κ1) is 16.3. The predicted octanol–water partition coefficient (Wildman–Crippen LogP) is 3.44. The number of halogens is 1. The maximum Gasteiger partial charge on any atom is 0.306 e. The zero-order valence-corrected chi connectivity index (χ0v) is 13.9. The van der Waals surface area contributed by atoms with Crippen molar-refractivity contribution < 1.29 is 14.6 Å². The van der Waals surface area contributed by atoms with E-state index in [1.54, 1.807) is 7.11 Å². The van der Waals surface area contributed by atoms with Crippen molar-refractivity contribution in [3.05, 3.63) is 28.2 Å². The summed E-state index contributed by atoms with van der Waals surface area (Å²) in [7, 11) is 1.65. The van der Waals surface area contributed by atoms with Gasteiger partial charge in [-0.25, -0.2) is 0 Å². The summed E-state index contributed by atoms with van der Waals surface area (Å²) in [6.45, 7) is 1.46. The van der Waals surface area contributed by atoms with Crippen molar-refractivity contribution in [1.29, 1.82) is 0 Å². The molecule has 21 heavy (non-hydrogen) atoms. The third-order valence-electron chi connectivity index (χ3n) is 4.20. The molecule has 0 radical (unpaired) electrons. The van der Waals surface area contributed by atoms with E-state index in [0.717, 1.165) is 48.0 Å². The average molecular weight is 356 g/mol. The molecule has 0 spiro atoms. The molecule has 2 rings (SSSR count). The summed E-state index contributed by atoms with van der Waals surface area (Å²) in [6.07, 6.45) is 3.99. The number of methoxy groups -OCH3 is 1. The van der Waals surface area contributed by atoms with Crippen LogP contribution in [-0.4, -0.2) is 24.7 Å². The first-order valence-electron chi connectivity index (χ1n) is 7.37. The Balaban J connectivity index is 1.90. The van der Waals surface area contributed by atoms with Gasteiger partial charge in [-0.15, -0.1) is 0 Å². The van der Waals surface area contributed by atoms with Crippen LogP contribution in [0.25, 0.3) is 0 Å². The van der Waals surface area contributed by atoms with E-state index in [1.165, 1.54) is 0 Å². The Morgan fingerprint density at radius 1 is 1.43 bits per heavy atom. The average Bonchev–Trinajstić information content (AvgIpc) is 2.49. The summed E-state index contributed by atoms with van der Waals surface area (Å²) >= 11 is 3.53. The maximum absolute atomic E-state index is 11.3. The van der Waals surface area contributed by atoms with E-state index in [2.05, 4.69) is 21.2 Å². The van der Waals surface area contributed by atoms with Gasteiger partial charge in [0.1, 0.15) is 5.75 Å². The van der Waals surface area contributed by atoms with Crippen molar-refractivity contribution in [2.45, 2.75) is 32.2 Å². The van der Waals surface area contributed by atoms with E-state index >= 15 is 0 Å². The molecule has 0 bridgehead atoms. The van der Waals surface area contributed by atoms with Crippen LogP contribution in [0.2, 0.25) is 0 Å². The Hall–Kier alpha value is -1.07. The Bertz CT molecular complexity index is 492. The first-order valence-corrected chi connectivity index (χ1v) is 8.17. The van der Waals surface area contributed by atoms with E-state index in [-0.39, 0.29) is 11.8 Å². The Morgan fingerprint density at radius 2 is 2.19 bits per heavy atom. The van der Waals surface area contributed by atoms with Gasteiger partial charge in [0, 0.05) is 11.0 Å². The fourth-order valence-electron chi connectivity index (χ4n) is 2.98. The van der Waals surface area contributed by atoms with Gasteiger partial charge in [0.2, 0.25) is 0 Å². The van der Waals surface area contributed by atoms with Crippen molar-refractivity contribution in [2.75, 3.05) is 13.7 Å². The lowest BCUT2D eigenvalue weighted by atomic mass is 9.79. The van der Waals surface area contributed by atoms with Crippen molar-refractivity contribution in [3.8, 4) is 5.75 Å². The molecule has 0 amide bonds. The van der Waals surface area contributed by atoms with Gasteiger partial charge in [-0.1, -0.05) is 28.8 Å². The number of carboxylic acid groups (broad SMARTS) is 1. The van der Waals surface area contributed by atoms with Crippen LogP contribution in [0.5, 0.6) is 5.75 Å². The standard InChI is InChI=1S/C16H22BrNO3/c1-21-13-6-7-15(17)12(8-13)10-18-9-11-4-2-3-5-14(11)16(19)20/h6-8,11,14,18H,2-5,9-10H2,1H3,(H,19,20). The zero-order chi connectivity index (χ0) is 15.2. The summed E-state index contributed by atoms with van der Waals surface area (Å²) in [5.74, 6) is 0.223. The number of ether oxygens (including phenoxy) is 1. The van der Waals surface area contributed by atoms with Gasteiger partial charge in [0.15, 0.2) is 0 Å². The van der Waals surface area contributed by atoms with Crippen LogP contribution in [-0.2, 0) is 11.3 Å². The summed E-state index contributed by atoms with van der Waals surface area (Å²) in [4.78, 5) is 11.3. The number of hydrogen-bond acceptors (Lipinski definition) is 3. The van der Waals surface area contributed by atoms with Crippen molar-refractivity contribution in [2.24, 2.45) is 11.8 Å². The number of benzene rings is 1. The molecule has 4 nitrogen and oxygen atoms in total. The van der Waals surface area contributed by atoms with E-state index in [0.29, 0.717) is 6.54 Å². The maximum atomic E-state index is 11.3. The third-order valence-corrected chi connectivity index (χ3v) is 4.97. The molecule has 0 aromatic heterocycles. The van der Waals surface area contributed by atoms with Gasteiger partial charge in [-0.05, 0) is 49.1 Å². The lowest BCUT2D eigenvalue weighted by Gasteiger charge is -2.28. The molecule has 1 aromatic rings. The van der Waals surface area contributed by atoms with E-state index in [1.807, 2.05) is 18.2 Å². The minimum atomic E-state index is -0.649. The minimum absolute atomic E-state index is 0.194. The van der Waals surface area contributed by atoms with Crippen LogP contribution < -0.4 is 10.1 Å². The fraction of sp³-hybridized carbons (Fsp3) is 0.562. The van der Waals surface area contributed by atoms with Gasteiger partial charge < -0.3 is 15.2 Å². The molecule has 0 heterocycles. The molecule has 2 atom stereocenters. The predicted molar refractivity (Wildman–Crippen MR) is 85.5 cm³/mol. The second-order valence-corrected chi connectivity index (χ2v) is 6.43. The Morgan fingerprint density at radius 3 is 2.90 bits per heavy atom. The highest BCUT2D eigenvalue weighted by molar-refractivity contribution is 9.10. The van der Waals surface area contributed by atoms with Crippen LogP contribution in [0.4, 0.5) is 0 Å². The Labute approximate surface area is 134 Å². The minimum Gasteiger partial charge on any atom is -0.497 e. The van der Waals surface area contributed by atoms with Gasteiger partial charge in [0.25, 0.3) is 0 Å². The van der Waals surface area contributed by atoms with Crippen molar-refractivity contribution in [1.82, 2.24) is 5.32 Å². The zero-order valence-electron chi connectivity index (χ0n) is 12.3. The molecular weight excluding hydrogens is 334 g/mol. The van der Waals surface area contributed by atoms with Gasteiger partial charge in [-0.3, -0.25) is 4.79 Å². The van der Waals surface area contributed by atoms with Crippen molar-refractivity contribution in [3.63, 3.8) is 0 Å². The lowest BCUT2D eigenvalue weighted by Crippen LogP contribution is -2.34. The number of carbonyl (C=O) groups is 1. The van der Waals surface area contributed by atoms with Crippen LogP contribution >= 0.6 is 15.9 Å². The highest BCUT2D eigenvalue weighted by Gasteiger charge is 2.30. The van der Waals surface area contributed by atoms with Crippen LogP contribution in [0.3, 0.4) is 0 Å². The second kappa shape index (κ2) is 7.80. The molecule has 0 aliphatic heterocycles. The van der Waals surface area contributed by atoms with Gasteiger partial charge >= 0.3 is 5.97 Å². The van der Waals surface area contributed by atoms with E-state index in [4.69, 9.17) is 4.74 Å². The number of hydrogen-bond donors (Lipinski definition) is 2. The SMILES string of the molecule is COc1ccc(Br)c(CNCC2CCCCC2C(=O)O)c1. The smallest absolute Gasteiger partial charge is 0.306 e. The van der Waals surface area contributed by atoms with E-state index < -0.39 is 5.97 Å². The van der Waals surface area contributed by atoms with Crippen molar-refractivity contribution >= 4 is 21.9 Å². The van der Waals surface area contributed by atoms with Gasteiger partial charge in [-0.2, -0.15) is 0 Å². The summed E-state index contributed by atoms with van der Waals surface area (Å²) < 4.78 is 6.26. The molecule has 0 saturated heterocycles. The summed E-state index contributed by atoms with van der Waals surface area (Å²) in [5, 5.41) is 12.7. The highest BCUT2D eigenvalue weighted by atomic mass is 79.9. The molecule has 116 valence electrons. The molecule has 1 aliphatic rings. The lowest BCUT2D eigenvalue weighted by molar-refractivity contribution is -0.144. The third kappa shape index (κ3) is 4.45. The number of carboxylic acids is 1. The molecular formula is C16H22BrNO3. The molecule has 1 saturated carbocycles. The quantitative estimate of drug-likeness (QED) is 0.820. The van der Waals surface area contributed by atoms with Crippen LogP contribution in [0.1, 0.15) is 31.2 Å².